The highest BCUT2D eigenvalue weighted by atomic mass is 32.2. The molecule has 0 radical (unpaired) electrons. The Bertz CT molecular complexity index is 452. The zero-order valence-corrected chi connectivity index (χ0v) is 11.7. The monoisotopic (exact) mass is 249 g/mol. The minimum atomic E-state index is -0.0693. The molecule has 1 aromatic rings. The van der Waals surface area contributed by atoms with Gasteiger partial charge in [-0.25, -0.2) is 4.99 Å². The standard InChI is InChI=1S/C14H19NOS/c1-10-5-6-11-8-16-13(12(11)7-10)15-14(2,3)9-17-4/h5-7H,8-9H2,1-4H3. The smallest absolute Gasteiger partial charge is 0.217 e. The number of benzene rings is 1. The normalized spacial score (nSPS) is 17.1. The van der Waals surface area contributed by atoms with Crippen LogP contribution in [0.5, 0.6) is 0 Å². The molecule has 0 aromatic heterocycles. The first-order valence-corrected chi connectivity index (χ1v) is 7.23. The van der Waals surface area contributed by atoms with E-state index >= 15 is 0 Å². The van der Waals surface area contributed by atoms with Crippen molar-refractivity contribution in [3.05, 3.63) is 34.9 Å². The van der Waals surface area contributed by atoms with E-state index < -0.39 is 0 Å². The molecule has 0 aliphatic carbocycles. The third-order valence-electron chi connectivity index (χ3n) is 2.76. The van der Waals surface area contributed by atoms with E-state index in [-0.39, 0.29) is 5.54 Å². The van der Waals surface area contributed by atoms with Crippen molar-refractivity contribution in [3.63, 3.8) is 0 Å². The van der Waals surface area contributed by atoms with E-state index in [9.17, 15) is 0 Å². The molecule has 2 nitrogen and oxygen atoms in total. The van der Waals surface area contributed by atoms with Crippen LogP contribution in [0.15, 0.2) is 23.2 Å². The fourth-order valence-electron chi connectivity index (χ4n) is 1.99. The minimum Gasteiger partial charge on any atom is -0.473 e. The van der Waals surface area contributed by atoms with Crippen molar-refractivity contribution in [1.82, 2.24) is 0 Å². The van der Waals surface area contributed by atoms with Crippen molar-refractivity contribution in [3.8, 4) is 0 Å². The number of hydrogen-bond acceptors (Lipinski definition) is 3. The van der Waals surface area contributed by atoms with E-state index in [2.05, 4.69) is 45.2 Å². The van der Waals surface area contributed by atoms with Crippen LogP contribution in [-0.4, -0.2) is 23.4 Å². The average Bonchev–Trinajstić information content (AvgIpc) is 2.60. The van der Waals surface area contributed by atoms with Gasteiger partial charge in [-0.05, 0) is 33.1 Å². The topological polar surface area (TPSA) is 21.6 Å². The molecule has 2 rings (SSSR count). The highest BCUT2D eigenvalue weighted by molar-refractivity contribution is 7.98. The van der Waals surface area contributed by atoms with Gasteiger partial charge in [-0.15, -0.1) is 0 Å². The zero-order valence-electron chi connectivity index (χ0n) is 10.9. The largest absolute Gasteiger partial charge is 0.473 e. The average molecular weight is 249 g/mol. The molecule has 92 valence electrons. The summed E-state index contributed by atoms with van der Waals surface area (Å²) in [7, 11) is 0. The fraction of sp³-hybridized carbons (Fsp3) is 0.500. The summed E-state index contributed by atoms with van der Waals surface area (Å²) in [6, 6.07) is 6.42. The molecule has 3 heteroatoms. The van der Waals surface area contributed by atoms with E-state index in [1.807, 2.05) is 11.8 Å². The number of fused-ring (bicyclic) bond motifs is 1. The lowest BCUT2D eigenvalue weighted by Gasteiger charge is -2.18. The molecule has 0 amide bonds. The highest BCUT2D eigenvalue weighted by Crippen LogP contribution is 2.25. The van der Waals surface area contributed by atoms with Gasteiger partial charge in [0, 0.05) is 16.9 Å². The number of aryl methyl sites for hydroxylation is 1. The lowest BCUT2D eigenvalue weighted by molar-refractivity contribution is 0.307. The van der Waals surface area contributed by atoms with Crippen LogP contribution in [0.2, 0.25) is 0 Å². The van der Waals surface area contributed by atoms with Gasteiger partial charge in [-0.3, -0.25) is 0 Å². The number of hydrogen-bond donors (Lipinski definition) is 0. The number of aliphatic imine (C=N–C) groups is 1. The van der Waals surface area contributed by atoms with Gasteiger partial charge >= 0.3 is 0 Å². The third-order valence-corrected chi connectivity index (χ3v) is 3.76. The molecular weight excluding hydrogens is 230 g/mol. The molecule has 0 saturated carbocycles. The Balaban J connectivity index is 2.33. The second kappa shape index (κ2) is 4.73. The SMILES string of the molecule is CSCC(C)(C)N=C1OCc2ccc(C)cc21. The molecule has 0 bridgehead atoms. The zero-order chi connectivity index (χ0) is 12.5. The molecule has 0 unspecified atom stereocenters. The second-order valence-electron chi connectivity index (χ2n) is 5.11. The van der Waals surface area contributed by atoms with Gasteiger partial charge in [0.1, 0.15) is 6.61 Å². The summed E-state index contributed by atoms with van der Waals surface area (Å²) in [5, 5.41) is 0. The molecule has 1 heterocycles. The Morgan fingerprint density at radius 2 is 2.18 bits per heavy atom. The molecule has 0 atom stereocenters. The van der Waals surface area contributed by atoms with E-state index in [1.54, 1.807) is 0 Å². The van der Waals surface area contributed by atoms with Crippen LogP contribution in [-0.2, 0) is 11.3 Å². The Hall–Kier alpha value is -0.960. The molecule has 0 N–H and O–H groups in total. The molecule has 0 fully saturated rings. The maximum absolute atomic E-state index is 5.70. The highest BCUT2D eigenvalue weighted by Gasteiger charge is 2.23. The number of thioether (sulfide) groups is 1. The van der Waals surface area contributed by atoms with Gasteiger partial charge in [-0.1, -0.05) is 17.7 Å². The van der Waals surface area contributed by atoms with Gasteiger partial charge < -0.3 is 4.74 Å². The summed E-state index contributed by atoms with van der Waals surface area (Å²) in [6.07, 6.45) is 2.11. The van der Waals surface area contributed by atoms with Crippen molar-refractivity contribution >= 4 is 17.7 Å². The van der Waals surface area contributed by atoms with Crippen molar-refractivity contribution < 1.29 is 4.74 Å². The quantitative estimate of drug-likeness (QED) is 0.818. The first-order chi connectivity index (χ1) is 8.02. The van der Waals surface area contributed by atoms with Crippen LogP contribution in [0, 0.1) is 6.92 Å². The van der Waals surface area contributed by atoms with Gasteiger partial charge in [0.15, 0.2) is 0 Å². The first-order valence-electron chi connectivity index (χ1n) is 5.83. The van der Waals surface area contributed by atoms with Crippen LogP contribution >= 0.6 is 11.8 Å². The van der Waals surface area contributed by atoms with E-state index in [0.29, 0.717) is 6.61 Å². The second-order valence-corrected chi connectivity index (χ2v) is 5.98. The predicted molar refractivity (Wildman–Crippen MR) is 75.0 cm³/mol. The summed E-state index contributed by atoms with van der Waals surface area (Å²) >= 11 is 1.81. The fourth-order valence-corrected chi connectivity index (χ4v) is 2.76. The lowest BCUT2D eigenvalue weighted by Crippen LogP contribution is -2.22. The Labute approximate surface area is 107 Å². The molecular formula is C14H19NOS. The molecule has 1 aliphatic rings. The Morgan fingerprint density at radius 1 is 1.41 bits per heavy atom. The van der Waals surface area contributed by atoms with Crippen molar-refractivity contribution in [1.29, 1.82) is 0 Å². The number of ether oxygens (including phenoxy) is 1. The lowest BCUT2D eigenvalue weighted by atomic mass is 10.1. The number of nitrogens with zero attached hydrogens (tertiary/aromatic N) is 1. The van der Waals surface area contributed by atoms with Crippen LogP contribution < -0.4 is 0 Å². The summed E-state index contributed by atoms with van der Waals surface area (Å²) in [6.45, 7) is 7.05. The van der Waals surface area contributed by atoms with Crippen LogP contribution in [0.4, 0.5) is 0 Å². The van der Waals surface area contributed by atoms with Gasteiger partial charge in [0.05, 0.1) is 5.54 Å². The summed E-state index contributed by atoms with van der Waals surface area (Å²) in [5.41, 5.74) is 3.60. The summed E-state index contributed by atoms with van der Waals surface area (Å²) < 4.78 is 5.70. The number of rotatable bonds is 3. The summed E-state index contributed by atoms with van der Waals surface area (Å²) in [5.74, 6) is 1.81. The maximum atomic E-state index is 5.70. The molecule has 1 aromatic carbocycles. The molecule has 0 saturated heterocycles. The van der Waals surface area contributed by atoms with Gasteiger partial charge in [0.2, 0.25) is 5.90 Å². The molecule has 1 aliphatic heterocycles. The molecule has 17 heavy (non-hydrogen) atoms. The Morgan fingerprint density at radius 3 is 2.88 bits per heavy atom. The van der Waals surface area contributed by atoms with Crippen molar-refractivity contribution in [2.24, 2.45) is 4.99 Å². The summed E-state index contributed by atoms with van der Waals surface area (Å²) in [4.78, 5) is 4.75. The van der Waals surface area contributed by atoms with Gasteiger partial charge in [-0.2, -0.15) is 11.8 Å². The van der Waals surface area contributed by atoms with Crippen LogP contribution in [0.3, 0.4) is 0 Å². The first kappa shape index (κ1) is 12.5. The van der Waals surface area contributed by atoms with Gasteiger partial charge in [0.25, 0.3) is 0 Å². The van der Waals surface area contributed by atoms with Crippen LogP contribution in [0.25, 0.3) is 0 Å². The predicted octanol–water partition coefficient (Wildman–Crippen LogP) is 3.41. The molecule has 0 spiro atoms. The third kappa shape index (κ3) is 2.83. The van der Waals surface area contributed by atoms with E-state index in [4.69, 9.17) is 9.73 Å². The minimum absolute atomic E-state index is 0.0693. The van der Waals surface area contributed by atoms with Crippen molar-refractivity contribution in [2.45, 2.75) is 32.9 Å². The maximum Gasteiger partial charge on any atom is 0.217 e. The van der Waals surface area contributed by atoms with E-state index in [0.717, 1.165) is 11.7 Å². The van der Waals surface area contributed by atoms with Crippen molar-refractivity contribution in [2.75, 3.05) is 12.0 Å². The van der Waals surface area contributed by atoms with Crippen LogP contribution in [0.1, 0.15) is 30.5 Å². The Kier molecular flexibility index (Phi) is 3.48. The van der Waals surface area contributed by atoms with E-state index in [1.165, 1.54) is 16.7 Å².